The van der Waals surface area contributed by atoms with E-state index in [2.05, 4.69) is 4.98 Å². The predicted octanol–water partition coefficient (Wildman–Crippen LogP) is 5.45. The molecule has 0 aliphatic carbocycles. The number of carbonyl (C=O) groups excluding carboxylic acids is 2. The molecule has 39 heavy (non-hydrogen) atoms. The number of amides is 1. The van der Waals surface area contributed by atoms with Gasteiger partial charge in [0.1, 0.15) is 12.1 Å². The highest BCUT2D eigenvalue weighted by Crippen LogP contribution is 2.33. The predicted molar refractivity (Wildman–Crippen MR) is 133 cm³/mol. The lowest BCUT2D eigenvalue weighted by molar-refractivity contribution is -0.149. The average molecular weight is 548 g/mol. The van der Waals surface area contributed by atoms with E-state index >= 15 is 0 Å². The molecule has 0 bridgehead atoms. The highest BCUT2D eigenvalue weighted by Gasteiger charge is 2.34. The van der Waals surface area contributed by atoms with Gasteiger partial charge in [0.25, 0.3) is 5.91 Å². The number of rotatable bonds is 9. The Kier molecular flexibility index (Phi) is 9.01. The van der Waals surface area contributed by atoms with Gasteiger partial charge in [-0.1, -0.05) is 30.3 Å². The van der Waals surface area contributed by atoms with E-state index in [0.717, 1.165) is 6.07 Å². The monoisotopic (exact) mass is 547 g/mol. The van der Waals surface area contributed by atoms with E-state index in [-0.39, 0.29) is 55.9 Å². The summed E-state index contributed by atoms with van der Waals surface area (Å²) in [6, 6.07) is 11.0. The number of likely N-dealkylation sites (tertiary alicyclic amines) is 1. The van der Waals surface area contributed by atoms with Crippen molar-refractivity contribution in [1.82, 2.24) is 14.8 Å². The third-order valence-corrected chi connectivity index (χ3v) is 6.49. The zero-order chi connectivity index (χ0) is 28.0. The van der Waals surface area contributed by atoms with Gasteiger partial charge >= 0.3 is 12.1 Å². The van der Waals surface area contributed by atoms with Gasteiger partial charge in [0.05, 0.1) is 24.6 Å². The number of alkyl halides is 3. The van der Waals surface area contributed by atoms with Crippen LogP contribution in [0.4, 0.5) is 17.6 Å². The number of aromatic nitrogens is 1. The van der Waals surface area contributed by atoms with Crippen LogP contribution in [0.2, 0.25) is 0 Å². The van der Waals surface area contributed by atoms with Crippen LogP contribution >= 0.6 is 0 Å². The van der Waals surface area contributed by atoms with Gasteiger partial charge in [-0.2, -0.15) is 13.2 Å². The molecule has 0 saturated carbocycles. The summed E-state index contributed by atoms with van der Waals surface area (Å²) < 4.78 is 64.9. The van der Waals surface area contributed by atoms with Crippen LogP contribution in [0.5, 0.6) is 0 Å². The van der Waals surface area contributed by atoms with Crippen LogP contribution < -0.4 is 0 Å². The molecule has 1 aliphatic heterocycles. The minimum absolute atomic E-state index is 0.00228. The molecule has 4 rings (SSSR count). The zero-order valence-corrected chi connectivity index (χ0v) is 21.4. The van der Waals surface area contributed by atoms with Crippen LogP contribution in [0.3, 0.4) is 0 Å². The smallest absolute Gasteiger partial charge is 0.416 e. The van der Waals surface area contributed by atoms with Gasteiger partial charge in [-0.25, -0.2) is 9.37 Å². The first-order valence-electron chi connectivity index (χ1n) is 12.7. The van der Waals surface area contributed by atoms with E-state index in [1.807, 2.05) is 0 Å². The molecule has 2 heterocycles. The van der Waals surface area contributed by atoms with Crippen LogP contribution in [0.15, 0.2) is 59.2 Å². The Morgan fingerprint density at radius 1 is 1.10 bits per heavy atom. The average Bonchev–Trinajstić information content (AvgIpc) is 3.38. The molecule has 11 heteroatoms. The summed E-state index contributed by atoms with van der Waals surface area (Å²) in [5.74, 6) is -1.43. The molecular weight excluding hydrogens is 518 g/mol. The Morgan fingerprint density at radius 3 is 2.56 bits per heavy atom. The van der Waals surface area contributed by atoms with Crippen LogP contribution in [-0.2, 0) is 35.3 Å². The van der Waals surface area contributed by atoms with Gasteiger partial charge in [0, 0.05) is 26.2 Å². The molecule has 0 spiro atoms. The van der Waals surface area contributed by atoms with E-state index in [9.17, 15) is 27.2 Å². The fraction of sp³-hybridized carbons (Fsp3) is 0.393. The lowest BCUT2D eigenvalue weighted by Crippen LogP contribution is -2.43. The molecule has 1 aliphatic rings. The molecule has 0 N–H and O–H groups in total. The summed E-state index contributed by atoms with van der Waals surface area (Å²) in [7, 11) is 0. The number of hydrogen-bond acceptors (Lipinski definition) is 6. The highest BCUT2D eigenvalue weighted by atomic mass is 19.4. The molecule has 208 valence electrons. The number of oxazole rings is 1. The molecule has 1 aromatic heterocycles. The molecule has 3 aromatic rings. The van der Waals surface area contributed by atoms with E-state index in [4.69, 9.17) is 9.15 Å². The first kappa shape index (κ1) is 28.3. The van der Waals surface area contributed by atoms with Crippen LogP contribution in [0, 0.1) is 11.7 Å². The van der Waals surface area contributed by atoms with Gasteiger partial charge in [-0.05, 0) is 49.1 Å². The SMILES string of the molecule is CCOC(=O)[C@H]1CCCN(C(=O)c2coc(CN(Cc3ccc(F)cc3)Cc3ccccc3C(F)(F)F)n2)C1. The largest absolute Gasteiger partial charge is 0.466 e. The number of nitrogens with zero attached hydrogens (tertiary/aromatic N) is 3. The number of piperidine rings is 1. The van der Waals surface area contributed by atoms with Crippen LogP contribution in [0.1, 0.15) is 52.8 Å². The standard InChI is InChI=1S/C28H29F4N3O4/c1-2-38-27(37)21-7-5-13-35(16-21)26(36)24-18-39-25(33-24)17-34(14-19-9-11-22(29)12-10-19)15-20-6-3-4-8-23(20)28(30,31)32/h3-4,6,8-12,18,21H,2,5,7,13-17H2,1H3/t21-/m0/s1. The number of ether oxygens (including phenoxy) is 1. The summed E-state index contributed by atoms with van der Waals surface area (Å²) in [6.45, 7) is 2.76. The molecule has 1 fully saturated rings. The topological polar surface area (TPSA) is 75.9 Å². The van der Waals surface area contributed by atoms with Crippen molar-refractivity contribution >= 4 is 11.9 Å². The van der Waals surface area contributed by atoms with E-state index in [1.165, 1.54) is 41.5 Å². The minimum Gasteiger partial charge on any atom is -0.466 e. The summed E-state index contributed by atoms with van der Waals surface area (Å²) >= 11 is 0. The van der Waals surface area contributed by atoms with Gasteiger partial charge in [0.2, 0.25) is 5.89 Å². The van der Waals surface area contributed by atoms with Gasteiger partial charge in [-0.15, -0.1) is 0 Å². The van der Waals surface area contributed by atoms with Crippen molar-refractivity contribution in [2.75, 3.05) is 19.7 Å². The lowest BCUT2D eigenvalue weighted by atomic mass is 9.98. The quantitative estimate of drug-likeness (QED) is 0.262. The second-order valence-corrected chi connectivity index (χ2v) is 9.40. The van der Waals surface area contributed by atoms with Crippen molar-refractivity contribution in [2.45, 2.75) is 45.6 Å². The van der Waals surface area contributed by atoms with Crippen LogP contribution in [-0.4, -0.2) is 46.4 Å². The van der Waals surface area contributed by atoms with Crippen molar-refractivity contribution in [3.63, 3.8) is 0 Å². The molecule has 1 amide bonds. The summed E-state index contributed by atoms with van der Waals surface area (Å²) in [6.07, 6.45) is -2.05. The Balaban J connectivity index is 1.51. The van der Waals surface area contributed by atoms with Gasteiger partial charge < -0.3 is 14.1 Å². The second kappa shape index (κ2) is 12.4. The summed E-state index contributed by atoms with van der Waals surface area (Å²) in [4.78, 5) is 32.7. The Labute approximate surface area is 223 Å². The second-order valence-electron chi connectivity index (χ2n) is 9.40. The number of esters is 1. The molecule has 2 aromatic carbocycles. The maximum Gasteiger partial charge on any atom is 0.416 e. The van der Waals surface area contributed by atoms with Gasteiger partial charge in [-0.3, -0.25) is 14.5 Å². The molecule has 7 nitrogen and oxygen atoms in total. The fourth-order valence-electron chi connectivity index (χ4n) is 4.64. The highest BCUT2D eigenvalue weighted by molar-refractivity contribution is 5.92. The molecular formula is C28H29F4N3O4. The number of halogens is 4. The van der Waals surface area contributed by atoms with Crippen molar-refractivity contribution in [3.8, 4) is 0 Å². The Morgan fingerprint density at radius 2 is 1.85 bits per heavy atom. The number of carbonyl (C=O) groups is 2. The number of hydrogen-bond donors (Lipinski definition) is 0. The maximum absolute atomic E-state index is 13.6. The first-order chi connectivity index (χ1) is 18.6. The van der Waals surface area contributed by atoms with E-state index < -0.39 is 29.4 Å². The third kappa shape index (κ3) is 7.44. The van der Waals surface area contributed by atoms with E-state index in [1.54, 1.807) is 24.0 Å². The summed E-state index contributed by atoms with van der Waals surface area (Å²) in [5, 5.41) is 0. The number of benzene rings is 2. The Bertz CT molecular complexity index is 1280. The minimum atomic E-state index is -4.53. The lowest BCUT2D eigenvalue weighted by Gasteiger charge is -2.30. The fourth-order valence-corrected chi connectivity index (χ4v) is 4.64. The molecule has 0 unspecified atom stereocenters. The van der Waals surface area contributed by atoms with Gasteiger partial charge in [0.15, 0.2) is 5.69 Å². The Hall–Kier alpha value is -3.73. The van der Waals surface area contributed by atoms with Crippen LogP contribution in [0.25, 0.3) is 0 Å². The molecule has 1 atom stereocenters. The van der Waals surface area contributed by atoms with Crippen molar-refractivity contribution in [1.29, 1.82) is 0 Å². The normalized spacial score (nSPS) is 15.9. The molecule has 1 saturated heterocycles. The first-order valence-corrected chi connectivity index (χ1v) is 12.7. The molecule has 0 radical (unpaired) electrons. The van der Waals surface area contributed by atoms with E-state index in [0.29, 0.717) is 24.9 Å². The summed E-state index contributed by atoms with van der Waals surface area (Å²) in [5.41, 5.74) is 0.0425. The van der Waals surface area contributed by atoms with Crippen molar-refractivity contribution in [3.05, 3.63) is 88.9 Å². The van der Waals surface area contributed by atoms with Crippen molar-refractivity contribution in [2.24, 2.45) is 5.92 Å². The third-order valence-electron chi connectivity index (χ3n) is 6.49. The zero-order valence-electron chi connectivity index (χ0n) is 21.4. The maximum atomic E-state index is 13.6. The van der Waals surface area contributed by atoms with Crippen molar-refractivity contribution < 1.29 is 36.3 Å².